The van der Waals surface area contributed by atoms with E-state index in [1.54, 1.807) is 0 Å². The molecule has 0 amide bonds. The second-order valence-electron chi connectivity index (χ2n) is 14.9. The predicted molar refractivity (Wildman–Crippen MR) is 139 cm³/mol. The molecule has 0 unspecified atom stereocenters. The Kier molecular flexibility index (Phi) is 5.44. The molecule has 186 valence electrons. The zero-order valence-corrected chi connectivity index (χ0v) is 23.3. The maximum absolute atomic E-state index is 13.0. The molecular formula is C31H49ClO. The Morgan fingerprint density at radius 1 is 0.818 bits per heavy atom. The van der Waals surface area contributed by atoms with E-state index >= 15 is 0 Å². The summed E-state index contributed by atoms with van der Waals surface area (Å²) in [6.07, 6.45) is 12.5. The van der Waals surface area contributed by atoms with E-state index in [9.17, 15) is 4.79 Å². The zero-order valence-electron chi connectivity index (χ0n) is 22.5. The molecular weight excluding hydrogens is 424 g/mol. The largest absolute Gasteiger partial charge is 0.281 e. The van der Waals surface area contributed by atoms with Gasteiger partial charge < -0.3 is 0 Å². The lowest BCUT2D eigenvalue weighted by molar-refractivity contribution is -0.239. The second kappa shape index (κ2) is 7.36. The average molecular weight is 473 g/mol. The van der Waals surface area contributed by atoms with Gasteiger partial charge in [0.1, 0.15) is 0 Å². The first-order valence-electron chi connectivity index (χ1n) is 14.1. The Balaban J connectivity index is 1.57. The number of allylic oxidation sites excluding steroid dienone is 1. The molecule has 0 aromatic carbocycles. The smallest absolute Gasteiger partial charge is 0.228 e. The highest BCUT2D eigenvalue weighted by atomic mass is 35.5. The fourth-order valence-corrected chi connectivity index (χ4v) is 12.0. The number of carbonyl (C=O) groups is 1. The van der Waals surface area contributed by atoms with Gasteiger partial charge in [-0.15, -0.1) is 0 Å². The first kappa shape index (κ1) is 24.4. The molecule has 33 heavy (non-hydrogen) atoms. The Hall–Kier alpha value is -0.300. The van der Waals surface area contributed by atoms with Crippen molar-refractivity contribution in [1.82, 2.24) is 0 Å². The molecule has 10 atom stereocenters. The predicted octanol–water partition coefficient (Wildman–Crippen LogP) is 9.05. The molecule has 0 N–H and O–H groups in total. The molecule has 0 bridgehead atoms. The van der Waals surface area contributed by atoms with Gasteiger partial charge in [0.2, 0.25) is 5.24 Å². The van der Waals surface area contributed by atoms with Crippen LogP contribution in [0.4, 0.5) is 0 Å². The second-order valence-corrected chi connectivity index (χ2v) is 15.2. The molecule has 5 saturated carbocycles. The van der Waals surface area contributed by atoms with Crippen molar-refractivity contribution in [3.63, 3.8) is 0 Å². The molecule has 5 aliphatic carbocycles. The van der Waals surface area contributed by atoms with Gasteiger partial charge in [0, 0.05) is 5.41 Å². The SMILES string of the molecule is C=C(C)[C@@H]1CC[C@]2(C(=O)Cl)CC[C@]3(C)[C@H](CC[C@@H]4[C@@]5(C)CC[C@H](C)C(C)(C)[C@@H]5CC[C@]43C)[C@@H]12. The zero-order chi connectivity index (χ0) is 24.2. The molecule has 0 spiro atoms. The van der Waals surface area contributed by atoms with E-state index in [-0.39, 0.29) is 10.7 Å². The molecule has 0 heterocycles. The monoisotopic (exact) mass is 472 g/mol. The van der Waals surface area contributed by atoms with Crippen molar-refractivity contribution >= 4 is 16.8 Å². The highest BCUT2D eigenvalue weighted by molar-refractivity contribution is 6.64. The minimum absolute atomic E-state index is 0.0377. The van der Waals surface area contributed by atoms with Crippen molar-refractivity contribution in [1.29, 1.82) is 0 Å². The van der Waals surface area contributed by atoms with Crippen molar-refractivity contribution in [3.05, 3.63) is 12.2 Å². The van der Waals surface area contributed by atoms with Crippen molar-refractivity contribution in [2.24, 2.45) is 62.6 Å². The number of hydrogen-bond acceptors (Lipinski definition) is 1. The summed E-state index contributed by atoms with van der Waals surface area (Å²) in [5.74, 6) is 3.96. The maximum atomic E-state index is 13.0. The lowest BCUT2D eigenvalue weighted by atomic mass is 9.32. The molecule has 0 radical (unpaired) electrons. The molecule has 1 nitrogen and oxygen atoms in total. The third-order valence-electron chi connectivity index (χ3n) is 14.0. The van der Waals surface area contributed by atoms with Crippen LogP contribution in [0.25, 0.3) is 0 Å². The quantitative estimate of drug-likeness (QED) is 0.289. The number of fused-ring (bicyclic) bond motifs is 7. The topological polar surface area (TPSA) is 17.1 Å². The molecule has 0 aromatic rings. The first-order chi connectivity index (χ1) is 15.3. The maximum Gasteiger partial charge on any atom is 0.228 e. The van der Waals surface area contributed by atoms with Crippen LogP contribution in [0.5, 0.6) is 0 Å². The molecule has 5 rings (SSSR count). The summed E-state index contributed by atoms with van der Waals surface area (Å²) in [6.45, 7) is 22.3. The molecule has 0 aromatic heterocycles. The van der Waals surface area contributed by atoms with Crippen LogP contribution in [0.1, 0.15) is 113 Å². The van der Waals surface area contributed by atoms with Gasteiger partial charge in [-0.3, -0.25) is 4.79 Å². The van der Waals surface area contributed by atoms with Gasteiger partial charge in [-0.05, 0) is 140 Å². The van der Waals surface area contributed by atoms with Gasteiger partial charge in [-0.25, -0.2) is 0 Å². The minimum atomic E-state index is -0.290. The number of hydrogen-bond donors (Lipinski definition) is 0. The van der Waals surface area contributed by atoms with Crippen molar-refractivity contribution in [2.75, 3.05) is 0 Å². The summed E-state index contributed by atoms with van der Waals surface area (Å²) in [4.78, 5) is 13.0. The summed E-state index contributed by atoms with van der Waals surface area (Å²) in [5.41, 5.74) is 2.56. The van der Waals surface area contributed by atoms with Crippen LogP contribution in [0.2, 0.25) is 0 Å². The van der Waals surface area contributed by atoms with Crippen LogP contribution >= 0.6 is 11.6 Å². The van der Waals surface area contributed by atoms with Crippen LogP contribution in [0.15, 0.2) is 12.2 Å². The average Bonchev–Trinajstić information content (AvgIpc) is 3.13. The van der Waals surface area contributed by atoms with E-state index in [1.165, 1.54) is 50.5 Å². The van der Waals surface area contributed by atoms with Gasteiger partial charge in [0.15, 0.2) is 0 Å². The molecule has 2 heteroatoms. The number of rotatable bonds is 2. The van der Waals surface area contributed by atoms with Gasteiger partial charge in [-0.1, -0.05) is 53.7 Å². The molecule has 5 aliphatic rings. The highest BCUT2D eigenvalue weighted by Gasteiger charge is 2.71. The number of carbonyl (C=O) groups excluding carboxylic acids is 1. The molecule has 5 fully saturated rings. The van der Waals surface area contributed by atoms with Gasteiger partial charge in [0.25, 0.3) is 0 Å². The van der Waals surface area contributed by atoms with Crippen molar-refractivity contribution < 1.29 is 4.79 Å². The fourth-order valence-electron chi connectivity index (χ4n) is 11.7. The van der Waals surface area contributed by atoms with E-state index in [0.717, 1.165) is 37.0 Å². The van der Waals surface area contributed by atoms with E-state index in [4.69, 9.17) is 11.6 Å². The lowest BCUT2D eigenvalue weighted by Crippen LogP contribution is -2.66. The summed E-state index contributed by atoms with van der Waals surface area (Å²) in [6, 6.07) is 0. The highest BCUT2D eigenvalue weighted by Crippen LogP contribution is 2.77. The summed E-state index contributed by atoms with van der Waals surface area (Å²) in [5, 5.41) is -0.0377. The van der Waals surface area contributed by atoms with Crippen LogP contribution in [-0.2, 0) is 4.79 Å². The lowest BCUT2D eigenvalue weighted by Gasteiger charge is -2.73. The van der Waals surface area contributed by atoms with E-state index < -0.39 is 0 Å². The van der Waals surface area contributed by atoms with Gasteiger partial charge in [-0.2, -0.15) is 0 Å². The third-order valence-corrected chi connectivity index (χ3v) is 14.4. The van der Waals surface area contributed by atoms with E-state index in [1.807, 2.05) is 0 Å². The van der Waals surface area contributed by atoms with Crippen molar-refractivity contribution in [2.45, 2.75) is 113 Å². The summed E-state index contributed by atoms with van der Waals surface area (Å²) < 4.78 is 0. The van der Waals surface area contributed by atoms with Crippen LogP contribution < -0.4 is 0 Å². The van der Waals surface area contributed by atoms with E-state index in [2.05, 4.69) is 55.0 Å². The molecule has 0 aliphatic heterocycles. The first-order valence-corrected chi connectivity index (χ1v) is 14.5. The standard InChI is InChI=1S/C31H49ClO/c1-19(2)21-12-16-31(26(32)33)18-17-29(7)22(25(21)31)9-10-24-28(6)14-11-20(3)27(4,5)23(28)13-15-30(24,29)8/h20-25H,1,9-18H2,2-8H3/t20-,21-,22+,23-,24+,25+,28-,29+,30+,31-/m0/s1. The van der Waals surface area contributed by atoms with E-state index in [0.29, 0.717) is 39.4 Å². The van der Waals surface area contributed by atoms with Crippen molar-refractivity contribution in [3.8, 4) is 0 Å². The fraction of sp³-hybridized carbons (Fsp3) is 0.903. The van der Waals surface area contributed by atoms with Gasteiger partial charge >= 0.3 is 0 Å². The Morgan fingerprint density at radius 2 is 1.52 bits per heavy atom. The molecule has 0 saturated heterocycles. The number of halogens is 1. The summed E-state index contributed by atoms with van der Waals surface area (Å²) in [7, 11) is 0. The Labute approximate surface area is 208 Å². The van der Waals surface area contributed by atoms with Crippen LogP contribution in [0, 0.1) is 62.6 Å². The van der Waals surface area contributed by atoms with Gasteiger partial charge in [0.05, 0.1) is 0 Å². The Morgan fingerprint density at radius 3 is 2.15 bits per heavy atom. The minimum Gasteiger partial charge on any atom is -0.281 e. The van der Waals surface area contributed by atoms with Crippen LogP contribution in [0.3, 0.4) is 0 Å². The third kappa shape index (κ3) is 2.87. The normalized spacial score (nSPS) is 55.0. The Bertz CT molecular complexity index is 859. The van der Waals surface area contributed by atoms with Crippen LogP contribution in [-0.4, -0.2) is 5.24 Å². The summed E-state index contributed by atoms with van der Waals surface area (Å²) >= 11 is 6.46.